The Morgan fingerprint density at radius 2 is 2.27 bits per heavy atom. The van der Waals surface area contributed by atoms with E-state index in [0.29, 0.717) is 6.42 Å². The van der Waals surface area contributed by atoms with E-state index < -0.39 is 0 Å². The maximum atomic E-state index is 11.3. The molecule has 1 amide bonds. The Bertz CT molecular complexity index is 207. The van der Waals surface area contributed by atoms with Crippen molar-refractivity contribution in [1.82, 2.24) is 9.80 Å². The summed E-state index contributed by atoms with van der Waals surface area (Å²) in [6.45, 7) is 2.76. The van der Waals surface area contributed by atoms with Gasteiger partial charge in [-0.2, -0.15) is 0 Å². The van der Waals surface area contributed by atoms with Crippen molar-refractivity contribution < 1.29 is 9.90 Å². The normalized spacial score (nSPS) is 22.7. The van der Waals surface area contributed by atoms with Gasteiger partial charge in [-0.05, 0) is 32.4 Å². The molecule has 0 aromatic heterocycles. The molecule has 0 bridgehead atoms. The minimum absolute atomic E-state index is 0.164. The molecule has 4 nitrogen and oxygen atoms in total. The molecule has 88 valence electrons. The van der Waals surface area contributed by atoms with Gasteiger partial charge < -0.3 is 14.9 Å². The van der Waals surface area contributed by atoms with Crippen molar-refractivity contribution in [2.45, 2.75) is 31.8 Å². The molecule has 1 atom stereocenters. The topological polar surface area (TPSA) is 43.8 Å². The Labute approximate surface area is 91.9 Å². The van der Waals surface area contributed by atoms with Crippen LogP contribution in [0.15, 0.2) is 0 Å². The Kier molecular flexibility index (Phi) is 5.05. The zero-order chi connectivity index (χ0) is 11.3. The molecule has 0 aromatic carbocycles. The summed E-state index contributed by atoms with van der Waals surface area (Å²) in [6, 6.07) is 0. The summed E-state index contributed by atoms with van der Waals surface area (Å²) in [7, 11) is 3.57. The van der Waals surface area contributed by atoms with Crippen molar-refractivity contribution in [1.29, 1.82) is 0 Å². The van der Waals surface area contributed by atoms with E-state index in [4.69, 9.17) is 0 Å². The van der Waals surface area contributed by atoms with E-state index in [0.717, 1.165) is 38.9 Å². The van der Waals surface area contributed by atoms with E-state index in [1.807, 2.05) is 0 Å². The van der Waals surface area contributed by atoms with Crippen LogP contribution in [0.1, 0.15) is 25.7 Å². The predicted octanol–water partition coefficient (Wildman–Crippen LogP) is 0.311. The molecule has 1 fully saturated rings. The third-order valence-corrected chi connectivity index (χ3v) is 2.84. The van der Waals surface area contributed by atoms with Gasteiger partial charge in [0.25, 0.3) is 0 Å². The molecule has 15 heavy (non-hydrogen) atoms. The summed E-state index contributed by atoms with van der Waals surface area (Å²) in [6.07, 6.45) is 3.34. The number of carbonyl (C=O) groups is 1. The van der Waals surface area contributed by atoms with E-state index in [9.17, 15) is 9.90 Å². The number of piperidine rings is 1. The summed E-state index contributed by atoms with van der Waals surface area (Å²) < 4.78 is 0. The van der Waals surface area contributed by atoms with Crippen LogP contribution in [0.4, 0.5) is 0 Å². The third-order valence-electron chi connectivity index (χ3n) is 2.84. The van der Waals surface area contributed by atoms with E-state index in [2.05, 4.69) is 4.90 Å². The van der Waals surface area contributed by atoms with E-state index in [-0.39, 0.29) is 12.0 Å². The van der Waals surface area contributed by atoms with E-state index in [1.54, 1.807) is 19.0 Å². The fraction of sp³-hybridized carbons (Fsp3) is 0.909. The van der Waals surface area contributed by atoms with Crippen molar-refractivity contribution >= 4 is 5.91 Å². The van der Waals surface area contributed by atoms with Gasteiger partial charge in [0.1, 0.15) is 0 Å². The predicted molar refractivity (Wildman–Crippen MR) is 59.6 cm³/mol. The number of carbonyl (C=O) groups excluding carboxylic acids is 1. The number of amides is 1. The van der Waals surface area contributed by atoms with Crippen molar-refractivity contribution in [2.75, 3.05) is 33.7 Å². The highest BCUT2D eigenvalue weighted by molar-refractivity contribution is 5.75. The Morgan fingerprint density at radius 3 is 2.87 bits per heavy atom. The number of hydrogen-bond donors (Lipinski definition) is 1. The maximum absolute atomic E-state index is 11.3. The lowest BCUT2D eigenvalue weighted by Crippen LogP contribution is -2.39. The lowest BCUT2D eigenvalue weighted by atomic mass is 10.1. The fourth-order valence-corrected chi connectivity index (χ4v) is 1.91. The summed E-state index contributed by atoms with van der Waals surface area (Å²) in [4.78, 5) is 15.2. The number of aliphatic hydroxyl groups excluding tert-OH is 1. The Balaban J connectivity index is 2.11. The highest BCUT2D eigenvalue weighted by atomic mass is 16.3. The first-order valence-electron chi connectivity index (χ1n) is 5.70. The molecule has 1 saturated heterocycles. The van der Waals surface area contributed by atoms with Gasteiger partial charge in [-0.3, -0.25) is 4.79 Å². The fourth-order valence-electron chi connectivity index (χ4n) is 1.91. The second-order valence-electron chi connectivity index (χ2n) is 4.49. The molecule has 0 unspecified atom stereocenters. The standard InChI is InChI=1S/C11H22N2O2/c1-12(2)11(15)6-4-8-13-7-3-5-10(14)9-13/h10,14H,3-9H2,1-2H3/t10-/m0/s1. The molecule has 0 radical (unpaired) electrons. The largest absolute Gasteiger partial charge is 0.392 e. The van der Waals surface area contributed by atoms with Gasteiger partial charge in [0.2, 0.25) is 5.91 Å². The van der Waals surface area contributed by atoms with Crippen LogP contribution in [0.2, 0.25) is 0 Å². The molecule has 1 rings (SSSR count). The number of rotatable bonds is 4. The molecule has 1 aliphatic rings. The number of β-amino-alcohol motifs (C(OH)–C–C–N with tert-alkyl or cyclic N) is 1. The smallest absolute Gasteiger partial charge is 0.222 e. The van der Waals surface area contributed by atoms with Crippen LogP contribution in [0, 0.1) is 0 Å². The van der Waals surface area contributed by atoms with Crippen LogP contribution in [0.25, 0.3) is 0 Å². The monoisotopic (exact) mass is 214 g/mol. The molecular formula is C11H22N2O2. The first kappa shape index (κ1) is 12.5. The summed E-state index contributed by atoms with van der Waals surface area (Å²) in [5, 5.41) is 9.46. The molecule has 0 aromatic rings. The Morgan fingerprint density at radius 1 is 1.53 bits per heavy atom. The first-order chi connectivity index (χ1) is 7.09. The van der Waals surface area contributed by atoms with Crippen LogP contribution < -0.4 is 0 Å². The molecule has 0 saturated carbocycles. The average Bonchev–Trinajstić information content (AvgIpc) is 2.17. The van der Waals surface area contributed by atoms with Crippen LogP contribution in [-0.4, -0.2) is 60.6 Å². The first-order valence-corrected chi connectivity index (χ1v) is 5.70. The number of likely N-dealkylation sites (tertiary alicyclic amines) is 1. The molecule has 1 heterocycles. The third kappa shape index (κ3) is 4.62. The molecule has 1 N–H and O–H groups in total. The zero-order valence-corrected chi connectivity index (χ0v) is 9.78. The minimum Gasteiger partial charge on any atom is -0.392 e. The van der Waals surface area contributed by atoms with E-state index >= 15 is 0 Å². The van der Waals surface area contributed by atoms with Crippen molar-refractivity contribution in [3.8, 4) is 0 Å². The number of aliphatic hydroxyl groups is 1. The molecule has 1 aliphatic heterocycles. The molecular weight excluding hydrogens is 192 g/mol. The van der Waals surface area contributed by atoms with Gasteiger partial charge in [0.05, 0.1) is 6.10 Å². The summed E-state index contributed by atoms with van der Waals surface area (Å²) in [5.41, 5.74) is 0. The summed E-state index contributed by atoms with van der Waals surface area (Å²) in [5.74, 6) is 0.188. The van der Waals surface area contributed by atoms with Gasteiger partial charge in [-0.25, -0.2) is 0 Å². The van der Waals surface area contributed by atoms with Crippen molar-refractivity contribution in [2.24, 2.45) is 0 Å². The maximum Gasteiger partial charge on any atom is 0.222 e. The van der Waals surface area contributed by atoms with Gasteiger partial charge >= 0.3 is 0 Å². The zero-order valence-electron chi connectivity index (χ0n) is 9.78. The number of hydrogen-bond acceptors (Lipinski definition) is 3. The quantitative estimate of drug-likeness (QED) is 0.732. The second-order valence-corrected chi connectivity index (χ2v) is 4.49. The highest BCUT2D eigenvalue weighted by Gasteiger charge is 2.17. The molecule has 0 aliphatic carbocycles. The summed E-state index contributed by atoms with van der Waals surface area (Å²) >= 11 is 0. The lowest BCUT2D eigenvalue weighted by molar-refractivity contribution is -0.128. The second kappa shape index (κ2) is 6.08. The van der Waals surface area contributed by atoms with Gasteiger partial charge in [-0.1, -0.05) is 0 Å². The van der Waals surface area contributed by atoms with Crippen molar-refractivity contribution in [3.05, 3.63) is 0 Å². The van der Waals surface area contributed by atoms with Crippen LogP contribution in [0.5, 0.6) is 0 Å². The van der Waals surface area contributed by atoms with Gasteiger partial charge in [0, 0.05) is 27.1 Å². The van der Waals surface area contributed by atoms with Gasteiger partial charge in [-0.15, -0.1) is 0 Å². The van der Waals surface area contributed by atoms with Crippen LogP contribution >= 0.6 is 0 Å². The molecule has 4 heteroatoms. The highest BCUT2D eigenvalue weighted by Crippen LogP contribution is 2.10. The average molecular weight is 214 g/mol. The minimum atomic E-state index is -0.164. The molecule has 0 spiro atoms. The SMILES string of the molecule is CN(C)C(=O)CCCN1CCC[C@H](O)C1. The lowest BCUT2D eigenvalue weighted by Gasteiger charge is -2.29. The van der Waals surface area contributed by atoms with E-state index in [1.165, 1.54) is 0 Å². The van der Waals surface area contributed by atoms with Crippen LogP contribution in [0.3, 0.4) is 0 Å². The Hall–Kier alpha value is -0.610. The van der Waals surface area contributed by atoms with Crippen molar-refractivity contribution in [3.63, 3.8) is 0 Å². The number of nitrogens with zero attached hydrogens (tertiary/aromatic N) is 2. The van der Waals surface area contributed by atoms with Crippen LogP contribution in [-0.2, 0) is 4.79 Å². The van der Waals surface area contributed by atoms with Gasteiger partial charge in [0.15, 0.2) is 0 Å².